The predicted octanol–water partition coefficient (Wildman–Crippen LogP) is 1.04. The van der Waals surface area contributed by atoms with Crippen LogP contribution in [-0.2, 0) is 10.0 Å². The smallest absolute Gasteiger partial charge is 0.241 e. The van der Waals surface area contributed by atoms with Gasteiger partial charge in [-0.3, -0.25) is 4.98 Å². The maximum Gasteiger partial charge on any atom is 0.241 e. The minimum atomic E-state index is -3.64. The van der Waals surface area contributed by atoms with Gasteiger partial charge in [0.05, 0.1) is 22.6 Å². The van der Waals surface area contributed by atoms with Gasteiger partial charge in [-0.25, -0.2) is 13.1 Å². The van der Waals surface area contributed by atoms with Gasteiger partial charge in [0.1, 0.15) is 0 Å². The van der Waals surface area contributed by atoms with Crippen molar-refractivity contribution in [1.82, 2.24) is 9.71 Å². The van der Waals surface area contributed by atoms with E-state index in [0.29, 0.717) is 23.7 Å². The van der Waals surface area contributed by atoms with Gasteiger partial charge in [-0.1, -0.05) is 6.07 Å². The Hall–Kier alpha value is -1.50. The van der Waals surface area contributed by atoms with E-state index in [1.807, 2.05) is 0 Å². The standard InChI is InChI=1S/C13H14N2O3S/c16-9-13(6-7-13)15-19(17,18)12-5-1-4-11-10(12)3-2-8-14-11/h1-5,8,15-16H,6-7,9H2. The van der Waals surface area contributed by atoms with Gasteiger partial charge in [0.2, 0.25) is 10.0 Å². The largest absolute Gasteiger partial charge is 0.394 e. The zero-order chi connectivity index (χ0) is 13.5. The summed E-state index contributed by atoms with van der Waals surface area (Å²) in [6.45, 7) is -0.171. The zero-order valence-electron chi connectivity index (χ0n) is 10.2. The molecule has 0 atom stereocenters. The lowest BCUT2D eigenvalue weighted by molar-refractivity contribution is 0.246. The van der Waals surface area contributed by atoms with Crippen molar-refractivity contribution in [1.29, 1.82) is 0 Å². The lowest BCUT2D eigenvalue weighted by atomic mass is 10.2. The fraction of sp³-hybridized carbons (Fsp3) is 0.308. The average molecular weight is 278 g/mol. The number of hydrogen-bond acceptors (Lipinski definition) is 4. The Bertz CT molecular complexity index is 718. The topological polar surface area (TPSA) is 79.3 Å². The number of benzene rings is 1. The number of sulfonamides is 1. The highest BCUT2D eigenvalue weighted by Gasteiger charge is 2.45. The van der Waals surface area contributed by atoms with Crippen molar-refractivity contribution >= 4 is 20.9 Å². The second-order valence-corrected chi connectivity index (χ2v) is 6.52. The van der Waals surface area contributed by atoms with E-state index in [1.165, 1.54) is 0 Å². The van der Waals surface area contributed by atoms with E-state index in [9.17, 15) is 13.5 Å². The van der Waals surface area contributed by atoms with Gasteiger partial charge in [0.25, 0.3) is 0 Å². The van der Waals surface area contributed by atoms with Crippen LogP contribution in [0.15, 0.2) is 41.4 Å². The molecule has 0 radical (unpaired) electrons. The maximum atomic E-state index is 12.4. The Labute approximate surface area is 111 Å². The second-order valence-electron chi connectivity index (χ2n) is 4.87. The second kappa shape index (κ2) is 4.26. The van der Waals surface area contributed by atoms with Crippen molar-refractivity contribution in [3.63, 3.8) is 0 Å². The fourth-order valence-electron chi connectivity index (χ4n) is 2.09. The van der Waals surface area contributed by atoms with Gasteiger partial charge in [-0.15, -0.1) is 0 Å². The number of aromatic nitrogens is 1. The Morgan fingerprint density at radius 2 is 2.05 bits per heavy atom. The minimum absolute atomic E-state index is 0.171. The summed E-state index contributed by atoms with van der Waals surface area (Å²) >= 11 is 0. The summed E-state index contributed by atoms with van der Waals surface area (Å²) in [7, 11) is -3.64. The molecule has 0 unspecified atom stereocenters. The SMILES string of the molecule is O=S(=O)(NC1(CO)CC1)c1cccc2ncccc12. The van der Waals surface area contributed by atoms with Crippen LogP contribution in [0.4, 0.5) is 0 Å². The summed E-state index contributed by atoms with van der Waals surface area (Å²) in [5, 5.41) is 9.83. The minimum Gasteiger partial charge on any atom is -0.394 e. The Morgan fingerprint density at radius 3 is 2.74 bits per heavy atom. The molecule has 2 aromatic rings. The molecule has 1 fully saturated rings. The first kappa shape index (κ1) is 12.5. The number of hydrogen-bond donors (Lipinski definition) is 2. The fourth-order valence-corrected chi connectivity index (χ4v) is 3.76. The third-order valence-electron chi connectivity index (χ3n) is 3.40. The van der Waals surface area contributed by atoms with Crippen LogP contribution in [-0.4, -0.2) is 30.7 Å². The number of fused-ring (bicyclic) bond motifs is 1. The molecule has 1 aromatic heterocycles. The Balaban J connectivity index is 2.08. The monoisotopic (exact) mass is 278 g/mol. The van der Waals surface area contributed by atoms with Gasteiger partial charge in [0.15, 0.2) is 0 Å². The molecule has 1 aliphatic rings. The van der Waals surface area contributed by atoms with Crippen LogP contribution in [0.2, 0.25) is 0 Å². The van der Waals surface area contributed by atoms with Gasteiger partial charge < -0.3 is 5.11 Å². The molecule has 2 N–H and O–H groups in total. The number of aliphatic hydroxyl groups is 1. The summed E-state index contributed by atoms with van der Waals surface area (Å²) in [6.07, 6.45) is 2.97. The molecule has 6 heteroatoms. The third kappa shape index (κ3) is 2.22. The molecular formula is C13H14N2O3S. The van der Waals surface area contributed by atoms with Crippen LogP contribution in [0.3, 0.4) is 0 Å². The van der Waals surface area contributed by atoms with Crippen molar-refractivity contribution in [3.8, 4) is 0 Å². The van der Waals surface area contributed by atoms with E-state index in [1.54, 1.807) is 36.5 Å². The van der Waals surface area contributed by atoms with Crippen molar-refractivity contribution in [2.45, 2.75) is 23.3 Å². The van der Waals surface area contributed by atoms with Crippen molar-refractivity contribution in [2.24, 2.45) is 0 Å². The molecule has 0 saturated heterocycles. The normalized spacial score (nSPS) is 17.5. The van der Waals surface area contributed by atoms with Gasteiger partial charge >= 0.3 is 0 Å². The number of pyridine rings is 1. The maximum absolute atomic E-state index is 12.4. The van der Waals surface area contributed by atoms with Gasteiger partial charge in [-0.2, -0.15) is 0 Å². The molecule has 1 aliphatic carbocycles. The molecule has 5 nitrogen and oxygen atoms in total. The van der Waals surface area contributed by atoms with E-state index in [4.69, 9.17) is 0 Å². The molecule has 0 spiro atoms. The number of nitrogens with zero attached hydrogens (tertiary/aromatic N) is 1. The summed E-state index contributed by atoms with van der Waals surface area (Å²) in [5.74, 6) is 0. The van der Waals surface area contributed by atoms with E-state index >= 15 is 0 Å². The summed E-state index contributed by atoms with van der Waals surface area (Å²) < 4.78 is 27.4. The van der Waals surface area contributed by atoms with Crippen LogP contribution < -0.4 is 4.72 Å². The third-order valence-corrected chi connectivity index (χ3v) is 5.04. The van der Waals surface area contributed by atoms with E-state index in [2.05, 4.69) is 9.71 Å². The Morgan fingerprint density at radius 1 is 1.26 bits per heavy atom. The van der Waals surface area contributed by atoms with E-state index in [0.717, 1.165) is 0 Å². The molecule has 100 valence electrons. The number of rotatable bonds is 4. The molecule has 1 saturated carbocycles. The van der Waals surface area contributed by atoms with E-state index in [-0.39, 0.29) is 11.5 Å². The molecule has 0 bridgehead atoms. The predicted molar refractivity (Wildman–Crippen MR) is 71.1 cm³/mol. The Kier molecular flexibility index (Phi) is 2.81. The van der Waals surface area contributed by atoms with Gasteiger partial charge in [0, 0.05) is 11.6 Å². The first-order chi connectivity index (χ1) is 9.06. The highest BCUT2D eigenvalue weighted by Crippen LogP contribution is 2.36. The molecule has 1 aromatic carbocycles. The summed E-state index contributed by atoms with van der Waals surface area (Å²) in [6, 6.07) is 8.44. The quantitative estimate of drug-likeness (QED) is 0.875. The molecule has 19 heavy (non-hydrogen) atoms. The number of nitrogens with one attached hydrogen (secondary N) is 1. The van der Waals surface area contributed by atoms with Crippen LogP contribution >= 0.6 is 0 Å². The zero-order valence-corrected chi connectivity index (χ0v) is 11.0. The highest BCUT2D eigenvalue weighted by molar-refractivity contribution is 7.89. The lowest BCUT2D eigenvalue weighted by Crippen LogP contribution is -2.39. The van der Waals surface area contributed by atoms with E-state index < -0.39 is 15.6 Å². The summed E-state index contributed by atoms with van der Waals surface area (Å²) in [5.41, 5.74) is -0.0253. The number of aliphatic hydroxyl groups excluding tert-OH is 1. The van der Waals surface area contributed by atoms with Crippen LogP contribution in [0.5, 0.6) is 0 Å². The molecule has 0 amide bonds. The van der Waals surface area contributed by atoms with Crippen molar-refractivity contribution in [3.05, 3.63) is 36.5 Å². The average Bonchev–Trinajstić information content (AvgIpc) is 3.17. The lowest BCUT2D eigenvalue weighted by Gasteiger charge is -2.15. The first-order valence-electron chi connectivity index (χ1n) is 6.05. The van der Waals surface area contributed by atoms with Crippen molar-refractivity contribution in [2.75, 3.05) is 6.61 Å². The van der Waals surface area contributed by atoms with Gasteiger partial charge in [-0.05, 0) is 37.1 Å². The summed E-state index contributed by atoms with van der Waals surface area (Å²) in [4.78, 5) is 4.35. The molecule has 0 aliphatic heterocycles. The molecule has 1 heterocycles. The molecule has 3 rings (SSSR count). The van der Waals surface area contributed by atoms with Crippen LogP contribution in [0.1, 0.15) is 12.8 Å². The van der Waals surface area contributed by atoms with Crippen LogP contribution in [0.25, 0.3) is 10.9 Å². The first-order valence-corrected chi connectivity index (χ1v) is 7.53. The highest BCUT2D eigenvalue weighted by atomic mass is 32.2. The molecular weight excluding hydrogens is 264 g/mol. The van der Waals surface area contributed by atoms with Crippen molar-refractivity contribution < 1.29 is 13.5 Å². The van der Waals surface area contributed by atoms with Crippen LogP contribution in [0, 0.1) is 0 Å².